The van der Waals surface area contributed by atoms with Crippen molar-refractivity contribution in [3.63, 3.8) is 0 Å². The first-order valence-electron chi connectivity index (χ1n) is 29.1. The Morgan fingerprint density at radius 3 is 1.74 bits per heavy atom. The van der Waals surface area contributed by atoms with Crippen LogP contribution >= 0.6 is 0 Å². The van der Waals surface area contributed by atoms with E-state index in [-0.39, 0.29) is 18.3 Å². The molecule has 6 nitrogen and oxygen atoms in total. The third-order valence-corrected chi connectivity index (χ3v) is 16.4. The van der Waals surface area contributed by atoms with E-state index in [0.717, 1.165) is 82.1 Å². The molecule has 12 aromatic rings. The van der Waals surface area contributed by atoms with Crippen LogP contribution in [0.5, 0.6) is 11.6 Å². The predicted octanol–water partition coefficient (Wildman–Crippen LogP) is 18.5. The fraction of sp³-hybridized carbons (Fsp3) is 0.108. The van der Waals surface area contributed by atoms with Gasteiger partial charge in [-0.1, -0.05) is 60.7 Å². The van der Waals surface area contributed by atoms with Crippen LogP contribution in [0.25, 0.3) is 66.9 Å². The van der Waals surface area contributed by atoms with Gasteiger partial charge in [-0.3, -0.25) is 0 Å². The van der Waals surface area contributed by atoms with E-state index < -0.39 is 6.37 Å². The monoisotopic (exact) mass is 1240 g/mol. The number of ether oxygens (including phenoxy) is 1. The zero-order valence-electron chi connectivity index (χ0n) is 48.5. The maximum absolute atomic E-state index is 9.49. The minimum atomic E-state index is -1.65. The van der Waals surface area contributed by atoms with Gasteiger partial charge in [-0.25, -0.2) is 0 Å². The molecule has 0 radical (unpaired) electrons. The summed E-state index contributed by atoms with van der Waals surface area (Å²) in [6.07, 6.45) is -1.65. The average Bonchev–Trinajstić information content (AvgIpc) is 2.08. The van der Waals surface area contributed by atoms with Gasteiger partial charge in [0.15, 0.2) is 0 Å². The molecular weight excluding hydrogens is 1180 g/mol. The van der Waals surface area contributed by atoms with Gasteiger partial charge < -0.3 is 0 Å². The molecule has 0 spiro atoms. The number of para-hydroxylation sites is 6. The Morgan fingerprint density at radius 2 is 1.05 bits per heavy atom. The summed E-state index contributed by atoms with van der Waals surface area (Å²) in [6, 6.07) is 93.5. The molecule has 0 aliphatic carbocycles. The first kappa shape index (κ1) is 50.0. The van der Waals surface area contributed by atoms with E-state index in [4.69, 9.17) is 9.72 Å². The molecule has 0 saturated heterocycles. The van der Waals surface area contributed by atoms with Crippen molar-refractivity contribution in [1.29, 1.82) is 0 Å². The first-order valence-corrected chi connectivity index (χ1v) is 29.2. The number of anilines is 4. The number of fused-ring (bicyclic) bond motifs is 2. The molecule has 0 atom stereocenters. The van der Waals surface area contributed by atoms with Gasteiger partial charge in [-0.05, 0) is 18.2 Å². The number of pyridine rings is 1. The number of rotatable bonds is 13. The van der Waals surface area contributed by atoms with E-state index >= 15 is 0 Å². The summed E-state index contributed by atoms with van der Waals surface area (Å²) < 4.78 is 31.9. The normalized spacial score (nSPS) is 12.9. The van der Waals surface area contributed by atoms with Gasteiger partial charge in [0.2, 0.25) is 0 Å². The topological polar surface area (TPSA) is 38.5 Å². The Morgan fingerprint density at radius 1 is 0.488 bits per heavy atom. The summed E-state index contributed by atoms with van der Waals surface area (Å²) in [5.74, 6) is 1.35. The number of imidazole rings is 1. The number of nitrogens with zero attached hydrogens (tertiary/aromatic N) is 5. The van der Waals surface area contributed by atoms with Gasteiger partial charge in [0.1, 0.15) is 0 Å². The van der Waals surface area contributed by atoms with E-state index in [1.807, 2.05) is 50.2 Å². The van der Waals surface area contributed by atoms with Crippen molar-refractivity contribution < 1.29 is 26.8 Å². The SMILES string of the molecule is [2H]C([2H])(c1ccccc1-c1ccc(-n2[c](=[Pt])n(-c3c(-c4ccccc4)cccc3-c3cc(-c4ccccc4)cc(C(C)(C)C)c3)c3ccccc32)cc1Oc1cccc(N2B(c3ccccc3)N(c3ccccc3)c3ccccc32)n1)C(C)C. The molecule has 0 N–H and O–H groups in total. The van der Waals surface area contributed by atoms with Gasteiger partial charge in [0.05, 0.1) is 0 Å². The second kappa shape index (κ2) is 22.1. The van der Waals surface area contributed by atoms with Crippen LogP contribution in [0.2, 0.25) is 0 Å². The van der Waals surface area contributed by atoms with Crippen LogP contribution in [0.1, 0.15) is 48.5 Å². The fourth-order valence-corrected chi connectivity index (χ4v) is 12.7. The van der Waals surface area contributed by atoms with Gasteiger partial charge in [-0.2, -0.15) is 0 Å². The van der Waals surface area contributed by atoms with E-state index in [9.17, 15) is 2.74 Å². The van der Waals surface area contributed by atoms with Crippen molar-refractivity contribution in [3.8, 4) is 67.5 Å². The molecule has 0 saturated carbocycles. The summed E-state index contributed by atoms with van der Waals surface area (Å²) in [6.45, 7) is 10.5. The summed E-state index contributed by atoms with van der Waals surface area (Å²) >= 11 is 2.51. The molecule has 1 aliphatic heterocycles. The van der Waals surface area contributed by atoms with Gasteiger partial charge in [-0.15, -0.1) is 0 Å². The van der Waals surface area contributed by atoms with Crippen LogP contribution in [-0.4, -0.2) is 21.1 Å². The molecule has 0 bridgehead atoms. The Labute approximate surface area is 495 Å². The Kier molecular flexibility index (Phi) is 13.5. The zero-order valence-corrected chi connectivity index (χ0v) is 48.8. The van der Waals surface area contributed by atoms with Crippen molar-refractivity contribution in [2.45, 2.75) is 46.4 Å². The predicted molar refractivity (Wildman–Crippen MR) is 338 cm³/mol. The number of benzene rings is 10. The third-order valence-electron chi connectivity index (χ3n) is 15.3. The van der Waals surface area contributed by atoms with Crippen LogP contribution < -0.4 is 19.8 Å². The van der Waals surface area contributed by atoms with Crippen molar-refractivity contribution in [1.82, 2.24) is 14.1 Å². The van der Waals surface area contributed by atoms with Crippen molar-refractivity contribution in [2.75, 3.05) is 9.62 Å². The van der Waals surface area contributed by atoms with E-state index in [1.54, 1.807) is 0 Å². The van der Waals surface area contributed by atoms with Gasteiger partial charge >= 0.3 is 414 Å². The van der Waals surface area contributed by atoms with Crippen LogP contribution in [0.3, 0.4) is 0 Å². The van der Waals surface area contributed by atoms with Gasteiger partial charge in [0.25, 0.3) is 0 Å². The van der Waals surface area contributed by atoms with E-state index in [2.05, 4.69) is 289 Å². The Bertz CT molecular complexity index is 4450. The molecule has 0 unspecified atom stereocenters. The van der Waals surface area contributed by atoms with Crippen LogP contribution in [0.4, 0.5) is 22.9 Å². The van der Waals surface area contributed by atoms with E-state index in [1.165, 1.54) is 16.7 Å². The molecule has 1 aliphatic rings. The van der Waals surface area contributed by atoms with Crippen LogP contribution in [0, 0.1) is 9.72 Å². The van der Waals surface area contributed by atoms with E-state index in [0.29, 0.717) is 23.0 Å². The zero-order chi connectivity index (χ0) is 57.7. The first-order chi connectivity index (χ1) is 40.8. The molecule has 2 aromatic heterocycles. The van der Waals surface area contributed by atoms with Crippen molar-refractivity contribution >= 4 is 46.4 Å². The summed E-state index contributed by atoms with van der Waals surface area (Å²) in [7, 11) is 0. The molecule has 8 heteroatoms. The van der Waals surface area contributed by atoms with Crippen LogP contribution in [0.15, 0.2) is 267 Å². The summed E-state index contributed by atoms with van der Waals surface area (Å²) in [5, 5.41) is 0. The third kappa shape index (κ3) is 9.94. The minimum absolute atomic E-state index is 0.122. The second-order valence-corrected chi connectivity index (χ2v) is 23.2. The molecule has 402 valence electrons. The molecule has 82 heavy (non-hydrogen) atoms. The average molecular weight is 1250 g/mol. The Balaban J connectivity index is 1.01. The molecular formula is C74H62BN5OPt. The standard InChI is InChI=1S/C74H62BN5O.Pt/c1-52(2)46-55-30-18-19-35-62(55)65-45-44-61(50-70(65)81-72-43-25-42-71(76-72)80-69-41-23-22-40-68(69)79(60-33-16-9-17-34-60)75(80)59-31-14-8-15-32-59)77-51-78(67-39-21-20-38-66(67)77)73-63(54-28-12-7-13-29-54)36-24-37-64(73)57-47-56(53-26-10-6-11-27-53)48-58(49-57)74(3,4)5;/h6-45,47-50,52H,46H2,1-5H3;/i46D2;. The molecule has 13 rings (SSSR count). The Hall–Kier alpha value is -9.03. The number of aromatic nitrogens is 3. The molecule has 0 amide bonds. The maximum atomic E-state index is 9.49. The molecule has 0 fully saturated rings. The second-order valence-electron chi connectivity index (χ2n) is 22.2. The molecule has 3 heterocycles. The van der Waals surface area contributed by atoms with Crippen LogP contribution in [-0.2, 0) is 31.1 Å². The van der Waals surface area contributed by atoms with Crippen molar-refractivity contribution in [2.24, 2.45) is 5.92 Å². The number of hydrogen-bond acceptors (Lipinski definition) is 4. The summed E-state index contributed by atoms with van der Waals surface area (Å²) in [5.41, 5.74) is 18.2. The summed E-state index contributed by atoms with van der Waals surface area (Å²) in [4.78, 5) is 10.1. The fourth-order valence-electron chi connectivity index (χ4n) is 11.6. The van der Waals surface area contributed by atoms with Gasteiger partial charge in [0, 0.05) is 5.69 Å². The van der Waals surface area contributed by atoms with Crippen molar-refractivity contribution in [3.05, 3.63) is 282 Å². The quantitative estimate of drug-likeness (QED) is 0.108. The molecule has 10 aromatic carbocycles. The number of hydrogen-bond donors (Lipinski definition) is 0.